The molecule has 0 bridgehead atoms. The van der Waals surface area contributed by atoms with E-state index >= 15 is 0 Å². The molecule has 1 aliphatic rings. The van der Waals surface area contributed by atoms with Gasteiger partial charge in [0.2, 0.25) is 0 Å². The van der Waals surface area contributed by atoms with Gasteiger partial charge in [-0.15, -0.1) is 0 Å². The quantitative estimate of drug-likeness (QED) is 0.545. The van der Waals surface area contributed by atoms with Gasteiger partial charge in [0.1, 0.15) is 16.8 Å². The Hall–Kier alpha value is -2.97. The second-order valence-electron chi connectivity index (χ2n) is 8.67. The molecule has 0 radical (unpaired) electrons. The van der Waals surface area contributed by atoms with Crippen molar-refractivity contribution in [2.24, 2.45) is 0 Å². The highest BCUT2D eigenvalue weighted by Gasteiger charge is 2.25. The summed E-state index contributed by atoms with van der Waals surface area (Å²) < 4.78 is 35.2. The molecular formula is C25H27ClF2N4O2. The molecule has 1 N–H and O–H groups in total. The third-order valence-electron chi connectivity index (χ3n) is 5.76. The van der Waals surface area contributed by atoms with Gasteiger partial charge in [-0.25, -0.2) is 13.5 Å². The number of halogens is 3. The molecule has 1 saturated heterocycles. The van der Waals surface area contributed by atoms with Gasteiger partial charge in [0.25, 0.3) is 5.91 Å². The highest BCUT2D eigenvalue weighted by Crippen LogP contribution is 2.25. The van der Waals surface area contributed by atoms with E-state index in [9.17, 15) is 13.6 Å². The van der Waals surface area contributed by atoms with Crippen LogP contribution in [0.5, 0.6) is 0 Å². The number of ether oxygens (including phenoxy) is 1. The minimum Gasteiger partial charge on any atom is -0.372 e. The minimum atomic E-state index is -0.395. The number of rotatable bonds is 6. The Morgan fingerprint density at radius 2 is 1.76 bits per heavy atom. The van der Waals surface area contributed by atoms with Crippen LogP contribution in [-0.4, -0.2) is 41.0 Å². The molecule has 1 amide bonds. The lowest BCUT2D eigenvalue weighted by Crippen LogP contribution is -2.45. The minimum absolute atomic E-state index is 0.0269. The van der Waals surface area contributed by atoms with Crippen LogP contribution in [0.2, 0.25) is 5.15 Å². The van der Waals surface area contributed by atoms with E-state index in [2.05, 4.69) is 10.4 Å². The van der Waals surface area contributed by atoms with Crippen molar-refractivity contribution in [2.75, 3.05) is 18.0 Å². The number of morpholine rings is 1. The fraction of sp³-hybridized carbons (Fsp3) is 0.360. The average Bonchev–Trinajstić information content (AvgIpc) is 3.05. The van der Waals surface area contributed by atoms with Crippen LogP contribution in [0, 0.1) is 18.6 Å². The number of hydrogen-bond donors (Lipinski definition) is 1. The molecule has 2 unspecified atom stereocenters. The Labute approximate surface area is 202 Å². The Bertz CT molecular complexity index is 1170. The highest BCUT2D eigenvalue weighted by atomic mass is 35.5. The first-order chi connectivity index (χ1) is 16.2. The van der Waals surface area contributed by atoms with Crippen molar-refractivity contribution in [2.45, 2.75) is 46.1 Å². The van der Waals surface area contributed by atoms with E-state index in [0.29, 0.717) is 36.6 Å². The predicted molar refractivity (Wildman–Crippen MR) is 127 cm³/mol. The van der Waals surface area contributed by atoms with Crippen molar-refractivity contribution in [1.82, 2.24) is 15.1 Å². The largest absolute Gasteiger partial charge is 0.372 e. The molecule has 4 rings (SSSR count). The van der Waals surface area contributed by atoms with Crippen LogP contribution in [0.1, 0.15) is 41.0 Å². The first-order valence-corrected chi connectivity index (χ1v) is 11.5. The maximum Gasteiger partial charge on any atom is 0.256 e. The van der Waals surface area contributed by atoms with Gasteiger partial charge < -0.3 is 15.0 Å². The number of hydrogen-bond acceptors (Lipinski definition) is 4. The maximum absolute atomic E-state index is 14.8. The average molecular weight is 489 g/mol. The molecular weight excluding hydrogens is 462 g/mol. The lowest BCUT2D eigenvalue weighted by atomic mass is 10.1. The topological polar surface area (TPSA) is 59.4 Å². The number of carbonyl (C=O) groups is 1. The molecule has 6 nitrogen and oxygen atoms in total. The van der Waals surface area contributed by atoms with Gasteiger partial charge in [0, 0.05) is 19.6 Å². The van der Waals surface area contributed by atoms with Crippen molar-refractivity contribution in [1.29, 1.82) is 0 Å². The van der Waals surface area contributed by atoms with Gasteiger partial charge >= 0.3 is 0 Å². The van der Waals surface area contributed by atoms with E-state index in [4.69, 9.17) is 16.3 Å². The molecule has 0 aliphatic carbocycles. The van der Waals surface area contributed by atoms with Crippen LogP contribution < -0.4 is 10.2 Å². The van der Waals surface area contributed by atoms with Crippen molar-refractivity contribution in [3.63, 3.8) is 0 Å². The number of carbonyl (C=O) groups excluding carboxylic acids is 1. The molecule has 180 valence electrons. The van der Waals surface area contributed by atoms with E-state index in [-0.39, 0.29) is 41.1 Å². The number of aromatic nitrogens is 2. The molecule has 1 aromatic heterocycles. The van der Waals surface area contributed by atoms with E-state index in [0.717, 1.165) is 5.56 Å². The van der Waals surface area contributed by atoms with Crippen LogP contribution in [-0.2, 0) is 17.8 Å². The Kier molecular flexibility index (Phi) is 7.19. The molecule has 2 atom stereocenters. The fourth-order valence-electron chi connectivity index (χ4n) is 4.24. The van der Waals surface area contributed by atoms with Crippen LogP contribution >= 0.6 is 11.6 Å². The number of nitrogens with zero attached hydrogens (tertiary/aromatic N) is 3. The van der Waals surface area contributed by atoms with Gasteiger partial charge in [-0.1, -0.05) is 29.8 Å². The van der Waals surface area contributed by atoms with E-state index in [1.54, 1.807) is 31.2 Å². The van der Waals surface area contributed by atoms with E-state index in [1.165, 1.54) is 22.9 Å². The number of amides is 1. The van der Waals surface area contributed by atoms with Gasteiger partial charge in [0.05, 0.1) is 35.7 Å². The third-order valence-corrected chi connectivity index (χ3v) is 6.15. The summed E-state index contributed by atoms with van der Waals surface area (Å²) in [4.78, 5) is 14.8. The first kappa shape index (κ1) is 24.2. The van der Waals surface area contributed by atoms with Gasteiger partial charge in [0.15, 0.2) is 0 Å². The Morgan fingerprint density at radius 1 is 1.12 bits per heavy atom. The monoisotopic (exact) mass is 488 g/mol. The van der Waals surface area contributed by atoms with Crippen molar-refractivity contribution >= 4 is 23.2 Å². The summed E-state index contributed by atoms with van der Waals surface area (Å²) in [7, 11) is 0. The molecule has 2 heterocycles. The lowest BCUT2D eigenvalue weighted by Gasteiger charge is -2.37. The Balaban J connectivity index is 1.42. The van der Waals surface area contributed by atoms with Gasteiger partial charge in [-0.05, 0) is 56.2 Å². The van der Waals surface area contributed by atoms with Crippen molar-refractivity contribution in [3.8, 4) is 0 Å². The van der Waals surface area contributed by atoms with E-state index in [1.807, 2.05) is 18.7 Å². The van der Waals surface area contributed by atoms with Crippen LogP contribution in [0.25, 0.3) is 0 Å². The summed E-state index contributed by atoms with van der Waals surface area (Å²) in [6.45, 7) is 7.33. The molecule has 0 spiro atoms. The summed E-state index contributed by atoms with van der Waals surface area (Å²) in [5.74, 6) is -1.06. The Morgan fingerprint density at radius 3 is 2.41 bits per heavy atom. The maximum atomic E-state index is 14.8. The molecule has 0 saturated carbocycles. The first-order valence-electron chi connectivity index (χ1n) is 11.2. The SMILES string of the molecule is Cc1nn(Cc2ccc(F)cc2)c(Cl)c1C(=O)NCc1ccc(N2CC(C)OC(C)C2)c(F)c1. The van der Waals surface area contributed by atoms with Crippen LogP contribution in [0.4, 0.5) is 14.5 Å². The third kappa shape index (κ3) is 5.39. The number of anilines is 1. The van der Waals surface area contributed by atoms with Crippen LogP contribution in [0.3, 0.4) is 0 Å². The number of nitrogens with one attached hydrogen (secondary N) is 1. The summed E-state index contributed by atoms with van der Waals surface area (Å²) in [6.07, 6.45) is 0.0538. The summed E-state index contributed by atoms with van der Waals surface area (Å²) in [5.41, 5.74) is 2.70. The molecule has 34 heavy (non-hydrogen) atoms. The summed E-state index contributed by atoms with van der Waals surface area (Å²) >= 11 is 6.43. The fourth-order valence-corrected chi connectivity index (χ4v) is 4.56. The lowest BCUT2D eigenvalue weighted by molar-refractivity contribution is -0.00539. The van der Waals surface area contributed by atoms with Gasteiger partial charge in [-0.2, -0.15) is 5.10 Å². The van der Waals surface area contributed by atoms with Crippen molar-refractivity contribution in [3.05, 3.63) is 81.6 Å². The molecule has 9 heteroatoms. The summed E-state index contributed by atoms with van der Waals surface area (Å²) in [6, 6.07) is 11.0. The second kappa shape index (κ2) is 10.1. The van der Waals surface area contributed by atoms with E-state index < -0.39 is 5.91 Å². The standard InChI is InChI=1S/C25H27ClF2N4O2/c1-15-12-31(13-16(2)34-15)22-9-6-19(10-21(22)28)11-29-25(33)23-17(3)30-32(24(23)26)14-18-4-7-20(27)8-5-18/h4-10,15-16H,11-14H2,1-3H3,(H,29,33). The molecule has 3 aromatic rings. The zero-order valence-corrected chi connectivity index (χ0v) is 20.1. The van der Waals surface area contributed by atoms with Crippen molar-refractivity contribution < 1.29 is 18.3 Å². The number of benzene rings is 2. The second-order valence-corrected chi connectivity index (χ2v) is 9.02. The zero-order valence-electron chi connectivity index (χ0n) is 19.3. The number of aryl methyl sites for hydroxylation is 1. The molecule has 1 aliphatic heterocycles. The molecule has 2 aromatic carbocycles. The molecule has 1 fully saturated rings. The van der Waals surface area contributed by atoms with Gasteiger partial charge in [-0.3, -0.25) is 4.79 Å². The normalized spacial score (nSPS) is 18.2. The predicted octanol–water partition coefficient (Wildman–Crippen LogP) is 4.72. The smallest absolute Gasteiger partial charge is 0.256 e. The highest BCUT2D eigenvalue weighted by molar-refractivity contribution is 6.33. The zero-order chi connectivity index (χ0) is 24.4. The summed E-state index contributed by atoms with van der Waals surface area (Å²) in [5, 5.41) is 7.33. The van der Waals surface area contributed by atoms with Crippen LogP contribution in [0.15, 0.2) is 42.5 Å².